The lowest BCUT2D eigenvalue weighted by molar-refractivity contribution is 0.0528. The molecule has 23 heavy (non-hydrogen) atoms. The van der Waals surface area contributed by atoms with Crippen LogP contribution in [0.15, 0.2) is 62.6 Å². The van der Waals surface area contributed by atoms with Crippen molar-refractivity contribution in [3.8, 4) is 0 Å². The third-order valence-electron chi connectivity index (χ3n) is 3.40. The molecule has 118 valence electrons. The number of furan rings is 1. The van der Waals surface area contributed by atoms with Crippen LogP contribution in [0.25, 0.3) is 0 Å². The number of halogens is 1. The molecule has 0 aliphatic carbocycles. The molecule has 3 aromatic rings. The maximum atomic E-state index is 12.3. The van der Waals surface area contributed by atoms with Gasteiger partial charge in [0, 0.05) is 22.4 Å². The quantitative estimate of drug-likeness (QED) is 0.698. The topological polar surface area (TPSA) is 75.4 Å². The van der Waals surface area contributed by atoms with Gasteiger partial charge in [0.15, 0.2) is 5.60 Å². The number of aromatic nitrogens is 1. The predicted octanol–water partition coefficient (Wildman–Crippen LogP) is 3.16. The Morgan fingerprint density at radius 2 is 2.30 bits per heavy atom. The maximum absolute atomic E-state index is 12.3. The standard InChI is InChI=1S/C16H13BrN2O3S/c17-13-6-11(7-18-8-13)15(20)19-10-16(21,12-3-5-23-9-12)14-2-1-4-22-14/h1-9,21H,10H2,(H,19,20)/t16-/m1/s1. The van der Waals surface area contributed by atoms with Crippen LogP contribution in [0, 0.1) is 0 Å². The van der Waals surface area contributed by atoms with Gasteiger partial charge in [0.1, 0.15) is 5.76 Å². The molecule has 7 heteroatoms. The number of hydrogen-bond acceptors (Lipinski definition) is 5. The molecule has 2 N–H and O–H groups in total. The van der Waals surface area contributed by atoms with Crippen LogP contribution in [-0.4, -0.2) is 22.5 Å². The summed E-state index contributed by atoms with van der Waals surface area (Å²) < 4.78 is 6.08. The molecule has 3 heterocycles. The zero-order valence-corrected chi connectivity index (χ0v) is 14.3. The zero-order chi connectivity index (χ0) is 16.3. The van der Waals surface area contributed by atoms with Crippen molar-refractivity contribution in [2.45, 2.75) is 5.60 Å². The van der Waals surface area contributed by atoms with E-state index in [1.54, 1.807) is 30.5 Å². The van der Waals surface area contributed by atoms with E-state index in [2.05, 4.69) is 26.2 Å². The highest BCUT2D eigenvalue weighted by Gasteiger charge is 2.35. The Kier molecular flexibility index (Phi) is 4.61. The number of hydrogen-bond donors (Lipinski definition) is 2. The Hall–Kier alpha value is -1.96. The van der Waals surface area contributed by atoms with Gasteiger partial charge in [0.05, 0.1) is 18.4 Å². The number of carbonyl (C=O) groups excluding carboxylic acids is 1. The third-order valence-corrected chi connectivity index (χ3v) is 4.52. The molecule has 1 amide bonds. The molecule has 0 saturated heterocycles. The monoisotopic (exact) mass is 392 g/mol. The molecule has 0 aromatic carbocycles. The Morgan fingerprint density at radius 1 is 1.43 bits per heavy atom. The summed E-state index contributed by atoms with van der Waals surface area (Å²) in [6, 6.07) is 6.86. The van der Waals surface area contributed by atoms with Gasteiger partial charge in [-0.3, -0.25) is 9.78 Å². The molecule has 0 bridgehead atoms. The lowest BCUT2D eigenvalue weighted by Crippen LogP contribution is -2.41. The van der Waals surface area contributed by atoms with Gasteiger partial charge in [-0.1, -0.05) is 0 Å². The minimum Gasteiger partial charge on any atom is -0.466 e. The average molecular weight is 393 g/mol. The smallest absolute Gasteiger partial charge is 0.253 e. The van der Waals surface area contributed by atoms with Crippen LogP contribution in [0.3, 0.4) is 0 Å². The number of pyridine rings is 1. The van der Waals surface area contributed by atoms with Gasteiger partial charge in [-0.15, -0.1) is 0 Å². The molecule has 0 aliphatic rings. The summed E-state index contributed by atoms with van der Waals surface area (Å²) in [5, 5.41) is 17.5. The van der Waals surface area contributed by atoms with E-state index in [9.17, 15) is 9.90 Å². The van der Waals surface area contributed by atoms with E-state index in [0.717, 1.165) is 0 Å². The molecule has 5 nitrogen and oxygen atoms in total. The number of amides is 1. The largest absolute Gasteiger partial charge is 0.466 e. The second-order valence-electron chi connectivity index (χ2n) is 4.92. The Labute approximate surface area is 145 Å². The fourth-order valence-corrected chi connectivity index (χ4v) is 3.28. The van der Waals surface area contributed by atoms with E-state index in [1.807, 2.05) is 10.8 Å². The lowest BCUT2D eigenvalue weighted by Gasteiger charge is -2.25. The molecule has 0 aliphatic heterocycles. The second-order valence-corrected chi connectivity index (χ2v) is 6.62. The van der Waals surface area contributed by atoms with Crippen LogP contribution in [0.5, 0.6) is 0 Å². The number of aliphatic hydroxyl groups is 1. The van der Waals surface area contributed by atoms with Crippen molar-refractivity contribution in [2.75, 3.05) is 6.54 Å². The summed E-state index contributed by atoms with van der Waals surface area (Å²) in [7, 11) is 0. The highest BCUT2D eigenvalue weighted by Crippen LogP contribution is 2.31. The predicted molar refractivity (Wildman–Crippen MR) is 90.3 cm³/mol. The van der Waals surface area contributed by atoms with Crippen molar-refractivity contribution in [1.82, 2.24) is 10.3 Å². The average Bonchev–Trinajstić information content (AvgIpc) is 3.25. The van der Waals surface area contributed by atoms with Crippen molar-refractivity contribution in [1.29, 1.82) is 0 Å². The number of nitrogens with zero attached hydrogens (tertiary/aromatic N) is 1. The first-order valence-corrected chi connectivity index (χ1v) is 8.51. The molecule has 0 spiro atoms. The second kappa shape index (κ2) is 6.66. The number of thiophene rings is 1. The van der Waals surface area contributed by atoms with E-state index in [1.165, 1.54) is 23.8 Å². The van der Waals surface area contributed by atoms with Gasteiger partial charge in [0.25, 0.3) is 5.91 Å². The Balaban J connectivity index is 1.82. The molecular formula is C16H13BrN2O3S. The lowest BCUT2D eigenvalue weighted by atomic mass is 9.93. The fourth-order valence-electron chi connectivity index (χ4n) is 2.19. The minimum absolute atomic E-state index is 0.0113. The molecular weight excluding hydrogens is 380 g/mol. The minimum atomic E-state index is -1.42. The van der Waals surface area contributed by atoms with Crippen LogP contribution in [0.1, 0.15) is 21.7 Å². The summed E-state index contributed by atoms with van der Waals surface area (Å²) in [4.78, 5) is 16.2. The number of rotatable bonds is 5. The van der Waals surface area contributed by atoms with Gasteiger partial charge < -0.3 is 14.8 Å². The first-order valence-electron chi connectivity index (χ1n) is 6.77. The Morgan fingerprint density at radius 3 is 2.96 bits per heavy atom. The molecule has 0 unspecified atom stereocenters. The van der Waals surface area contributed by atoms with Crippen LogP contribution in [0.4, 0.5) is 0 Å². The Bertz CT molecular complexity index is 753. The first-order chi connectivity index (χ1) is 11.1. The van der Waals surface area contributed by atoms with Crippen molar-refractivity contribution < 1.29 is 14.3 Å². The van der Waals surface area contributed by atoms with E-state index >= 15 is 0 Å². The van der Waals surface area contributed by atoms with Crippen LogP contribution < -0.4 is 5.32 Å². The third kappa shape index (κ3) is 3.36. The highest BCUT2D eigenvalue weighted by molar-refractivity contribution is 9.10. The molecule has 3 aromatic heterocycles. The molecule has 0 radical (unpaired) electrons. The van der Waals surface area contributed by atoms with Crippen LogP contribution >= 0.6 is 27.3 Å². The van der Waals surface area contributed by atoms with E-state index < -0.39 is 5.60 Å². The van der Waals surface area contributed by atoms with E-state index in [-0.39, 0.29) is 12.5 Å². The normalized spacial score (nSPS) is 13.5. The first kappa shape index (κ1) is 15.9. The molecule has 1 atom stereocenters. The van der Waals surface area contributed by atoms with Gasteiger partial charge in [-0.25, -0.2) is 0 Å². The van der Waals surface area contributed by atoms with Gasteiger partial charge in [-0.2, -0.15) is 11.3 Å². The summed E-state index contributed by atoms with van der Waals surface area (Å²) in [6.45, 7) is -0.0113. The van der Waals surface area contributed by atoms with Gasteiger partial charge in [0.2, 0.25) is 0 Å². The number of nitrogens with one attached hydrogen (secondary N) is 1. The SMILES string of the molecule is O=C(NC[C@@](O)(c1ccsc1)c1ccco1)c1cncc(Br)c1. The molecule has 3 rings (SSSR count). The van der Waals surface area contributed by atoms with Crippen molar-refractivity contribution in [2.24, 2.45) is 0 Å². The highest BCUT2D eigenvalue weighted by atomic mass is 79.9. The van der Waals surface area contributed by atoms with Crippen LogP contribution in [0.2, 0.25) is 0 Å². The number of carbonyl (C=O) groups is 1. The summed E-state index contributed by atoms with van der Waals surface area (Å²) in [6.07, 6.45) is 4.56. The summed E-state index contributed by atoms with van der Waals surface area (Å²) in [5.74, 6) is 0.0579. The van der Waals surface area contributed by atoms with Crippen LogP contribution in [-0.2, 0) is 5.60 Å². The summed E-state index contributed by atoms with van der Waals surface area (Å²) >= 11 is 4.74. The summed E-state index contributed by atoms with van der Waals surface area (Å²) in [5.41, 5.74) is -0.338. The van der Waals surface area contributed by atoms with Gasteiger partial charge in [-0.05, 0) is 51.0 Å². The van der Waals surface area contributed by atoms with Crippen molar-refractivity contribution in [3.63, 3.8) is 0 Å². The molecule has 0 fully saturated rings. The van der Waals surface area contributed by atoms with E-state index in [0.29, 0.717) is 21.4 Å². The fraction of sp³-hybridized carbons (Fsp3) is 0.125. The van der Waals surface area contributed by atoms with Crippen molar-refractivity contribution >= 4 is 33.2 Å². The molecule has 0 saturated carbocycles. The van der Waals surface area contributed by atoms with E-state index in [4.69, 9.17) is 4.42 Å². The zero-order valence-electron chi connectivity index (χ0n) is 11.9. The van der Waals surface area contributed by atoms with Gasteiger partial charge >= 0.3 is 0 Å². The van der Waals surface area contributed by atoms with Crippen molar-refractivity contribution in [3.05, 3.63) is 75.0 Å². The maximum Gasteiger partial charge on any atom is 0.253 e.